The monoisotopic (exact) mass is 412 g/mol. The number of piperidine rings is 1. The summed E-state index contributed by atoms with van der Waals surface area (Å²) in [6.45, 7) is 8.22. The third-order valence-corrected chi connectivity index (χ3v) is 6.73. The fraction of sp³-hybridized carbons (Fsp3) is 0.458. The van der Waals surface area contributed by atoms with Gasteiger partial charge in [-0.05, 0) is 42.8 Å². The molecular weight excluding hydrogens is 380 g/mol. The Balaban J connectivity index is 1.98. The SMILES string of the molecule is C=CCN1CCC(COC)(N(C(=O)CC)c2ccccc2)CC1Cc1cccs1. The van der Waals surface area contributed by atoms with Crippen molar-refractivity contribution >= 4 is 22.9 Å². The molecule has 0 radical (unpaired) electrons. The Bertz CT molecular complexity index is 777. The first kappa shape index (κ1) is 21.8. The van der Waals surface area contributed by atoms with Gasteiger partial charge in [-0.15, -0.1) is 17.9 Å². The first-order chi connectivity index (χ1) is 14.1. The highest BCUT2D eigenvalue weighted by Crippen LogP contribution is 2.38. The number of hydrogen-bond acceptors (Lipinski definition) is 4. The van der Waals surface area contributed by atoms with Crippen LogP contribution >= 0.6 is 11.3 Å². The Kier molecular flexibility index (Phi) is 7.64. The minimum Gasteiger partial charge on any atom is -0.382 e. The van der Waals surface area contributed by atoms with Crippen LogP contribution in [0.4, 0.5) is 5.69 Å². The van der Waals surface area contributed by atoms with Gasteiger partial charge in [-0.25, -0.2) is 0 Å². The zero-order valence-electron chi connectivity index (χ0n) is 17.5. The Morgan fingerprint density at radius 1 is 1.34 bits per heavy atom. The second-order valence-electron chi connectivity index (χ2n) is 7.75. The molecule has 0 bridgehead atoms. The molecule has 1 aromatic heterocycles. The zero-order valence-corrected chi connectivity index (χ0v) is 18.4. The molecule has 1 aliphatic heterocycles. The van der Waals surface area contributed by atoms with Gasteiger partial charge < -0.3 is 9.64 Å². The van der Waals surface area contributed by atoms with Gasteiger partial charge in [-0.3, -0.25) is 9.69 Å². The molecule has 156 valence electrons. The lowest BCUT2D eigenvalue weighted by molar-refractivity contribution is -0.121. The molecule has 1 amide bonds. The Morgan fingerprint density at radius 3 is 2.76 bits per heavy atom. The van der Waals surface area contributed by atoms with Crippen molar-refractivity contribution in [3.05, 3.63) is 65.4 Å². The predicted octanol–water partition coefficient (Wildman–Crippen LogP) is 4.77. The van der Waals surface area contributed by atoms with Crippen LogP contribution in [-0.2, 0) is 16.0 Å². The smallest absolute Gasteiger partial charge is 0.227 e. The van der Waals surface area contributed by atoms with Crippen LogP contribution in [0.2, 0.25) is 0 Å². The number of likely N-dealkylation sites (tertiary alicyclic amines) is 1. The molecule has 1 fully saturated rings. The molecule has 4 nitrogen and oxygen atoms in total. The van der Waals surface area contributed by atoms with E-state index in [1.165, 1.54) is 4.88 Å². The van der Waals surface area contributed by atoms with E-state index < -0.39 is 0 Å². The topological polar surface area (TPSA) is 32.8 Å². The number of anilines is 1. The molecule has 2 aromatic rings. The van der Waals surface area contributed by atoms with E-state index in [0.717, 1.165) is 38.0 Å². The lowest BCUT2D eigenvalue weighted by Crippen LogP contribution is -2.63. The number of benzene rings is 1. The molecule has 0 saturated carbocycles. The first-order valence-electron chi connectivity index (χ1n) is 10.4. The van der Waals surface area contributed by atoms with E-state index in [0.29, 0.717) is 19.1 Å². The molecule has 5 heteroatoms. The van der Waals surface area contributed by atoms with E-state index in [2.05, 4.69) is 29.0 Å². The van der Waals surface area contributed by atoms with Crippen molar-refractivity contribution in [1.29, 1.82) is 0 Å². The summed E-state index contributed by atoms with van der Waals surface area (Å²) in [5.41, 5.74) is 0.617. The van der Waals surface area contributed by atoms with Crippen LogP contribution < -0.4 is 4.90 Å². The number of ether oxygens (including phenoxy) is 1. The van der Waals surface area contributed by atoms with Crippen molar-refractivity contribution in [2.24, 2.45) is 0 Å². The van der Waals surface area contributed by atoms with Crippen LogP contribution in [0.1, 0.15) is 31.1 Å². The van der Waals surface area contributed by atoms with Gasteiger partial charge >= 0.3 is 0 Å². The third kappa shape index (κ3) is 4.97. The van der Waals surface area contributed by atoms with Crippen LogP contribution in [0.3, 0.4) is 0 Å². The number of methoxy groups -OCH3 is 1. The molecule has 3 rings (SSSR count). The van der Waals surface area contributed by atoms with Crippen LogP contribution in [0.15, 0.2) is 60.5 Å². The van der Waals surface area contributed by atoms with Crippen molar-refractivity contribution < 1.29 is 9.53 Å². The molecule has 0 aliphatic carbocycles. The molecule has 0 N–H and O–H groups in total. The van der Waals surface area contributed by atoms with Crippen molar-refractivity contribution in [2.75, 3.05) is 31.7 Å². The Labute approximate surface area is 178 Å². The average molecular weight is 413 g/mol. The van der Waals surface area contributed by atoms with Gasteiger partial charge in [0.1, 0.15) is 0 Å². The van der Waals surface area contributed by atoms with Crippen LogP contribution in [0.25, 0.3) is 0 Å². The van der Waals surface area contributed by atoms with Crippen molar-refractivity contribution in [3.8, 4) is 0 Å². The minimum absolute atomic E-state index is 0.153. The van der Waals surface area contributed by atoms with Gasteiger partial charge in [0, 0.05) is 43.2 Å². The van der Waals surface area contributed by atoms with Crippen LogP contribution in [-0.4, -0.2) is 49.2 Å². The lowest BCUT2D eigenvalue weighted by atomic mass is 9.80. The molecule has 2 atom stereocenters. The summed E-state index contributed by atoms with van der Waals surface area (Å²) in [4.78, 5) is 19.1. The summed E-state index contributed by atoms with van der Waals surface area (Å²) in [6, 6.07) is 14.7. The van der Waals surface area contributed by atoms with Crippen molar-refractivity contribution in [2.45, 2.75) is 44.2 Å². The van der Waals surface area contributed by atoms with Gasteiger partial charge in [0.05, 0.1) is 12.1 Å². The quantitative estimate of drug-likeness (QED) is 0.556. The maximum absolute atomic E-state index is 13.2. The maximum Gasteiger partial charge on any atom is 0.227 e. The van der Waals surface area contributed by atoms with E-state index in [4.69, 9.17) is 4.74 Å². The summed E-state index contributed by atoms with van der Waals surface area (Å²) in [5, 5.41) is 2.13. The number of hydrogen-bond donors (Lipinski definition) is 0. The number of rotatable bonds is 9. The van der Waals surface area contributed by atoms with E-state index in [9.17, 15) is 4.79 Å². The molecule has 1 aliphatic rings. The van der Waals surface area contributed by atoms with Gasteiger partial charge in [-0.2, -0.15) is 0 Å². The molecular formula is C24H32N2O2S. The van der Waals surface area contributed by atoms with E-state index in [1.54, 1.807) is 18.4 Å². The highest BCUT2D eigenvalue weighted by Gasteiger charge is 2.46. The second kappa shape index (κ2) is 10.2. The fourth-order valence-corrected chi connectivity index (χ4v) is 5.34. The largest absolute Gasteiger partial charge is 0.382 e. The molecule has 1 aromatic carbocycles. The zero-order chi connectivity index (χ0) is 20.7. The molecule has 1 saturated heterocycles. The number of nitrogens with zero attached hydrogens (tertiary/aromatic N) is 2. The van der Waals surface area contributed by atoms with Gasteiger partial charge in [0.2, 0.25) is 5.91 Å². The number of carbonyl (C=O) groups excluding carboxylic acids is 1. The summed E-state index contributed by atoms with van der Waals surface area (Å²) in [6.07, 6.45) is 5.21. The normalized spacial score (nSPS) is 22.3. The van der Waals surface area contributed by atoms with E-state index in [-0.39, 0.29) is 11.4 Å². The van der Waals surface area contributed by atoms with Gasteiger partial charge in [-0.1, -0.05) is 37.3 Å². The van der Waals surface area contributed by atoms with E-state index >= 15 is 0 Å². The lowest BCUT2D eigenvalue weighted by Gasteiger charge is -2.51. The Hall–Kier alpha value is -1.95. The summed E-state index contributed by atoms with van der Waals surface area (Å²) < 4.78 is 5.73. The van der Waals surface area contributed by atoms with Crippen molar-refractivity contribution in [1.82, 2.24) is 4.90 Å². The Morgan fingerprint density at radius 2 is 2.14 bits per heavy atom. The summed E-state index contributed by atoms with van der Waals surface area (Å²) in [7, 11) is 1.74. The fourth-order valence-electron chi connectivity index (χ4n) is 4.56. The molecule has 2 unspecified atom stereocenters. The second-order valence-corrected chi connectivity index (χ2v) is 8.78. The molecule has 2 heterocycles. The minimum atomic E-state index is -0.344. The summed E-state index contributed by atoms with van der Waals surface area (Å²) >= 11 is 1.80. The predicted molar refractivity (Wildman–Crippen MR) is 122 cm³/mol. The van der Waals surface area contributed by atoms with E-state index in [1.807, 2.05) is 48.2 Å². The third-order valence-electron chi connectivity index (χ3n) is 5.83. The number of para-hydroxylation sites is 1. The van der Waals surface area contributed by atoms with Gasteiger partial charge in [0.25, 0.3) is 0 Å². The molecule has 0 spiro atoms. The first-order valence-corrected chi connectivity index (χ1v) is 11.3. The molecule has 29 heavy (non-hydrogen) atoms. The highest BCUT2D eigenvalue weighted by molar-refractivity contribution is 7.09. The number of thiophene rings is 1. The number of carbonyl (C=O) groups is 1. The average Bonchev–Trinajstić information content (AvgIpc) is 3.24. The number of amides is 1. The van der Waals surface area contributed by atoms with Crippen LogP contribution in [0, 0.1) is 0 Å². The maximum atomic E-state index is 13.2. The van der Waals surface area contributed by atoms with Crippen molar-refractivity contribution in [3.63, 3.8) is 0 Å². The standard InChI is InChI=1S/C24H32N2O2S/c1-4-14-25-15-13-24(19-28-3,18-21(25)17-22-12-9-16-29-22)26(23(27)5-2)20-10-7-6-8-11-20/h4,6-12,16,21H,1,5,13-15,17-19H2,2-3H3. The van der Waals surface area contributed by atoms with Gasteiger partial charge in [0.15, 0.2) is 0 Å². The van der Waals surface area contributed by atoms with Crippen LogP contribution in [0.5, 0.6) is 0 Å². The highest BCUT2D eigenvalue weighted by atomic mass is 32.1. The summed E-state index contributed by atoms with van der Waals surface area (Å²) in [5.74, 6) is 0.153.